The molecule has 1 atom stereocenters. The van der Waals surface area contributed by atoms with Gasteiger partial charge in [-0.3, -0.25) is 14.9 Å². The molecule has 0 saturated heterocycles. The fraction of sp³-hybridized carbons (Fsp3) is 0.318. The normalized spacial score (nSPS) is 14.4. The standard InChI is InChI=1S/C22H22ClN5O3S/c1-13(2)20-25-26-22(27(20)16-9-10-16)32-19(14-6-4-3-5-7-14)21(29)24-15-8-11-17(23)18(12-15)28(30)31/h3-8,11-13,16,19H,9-10H2,1-2H3,(H,24,29). The third-order valence-corrected chi connectivity index (χ3v) is 6.62. The van der Waals surface area contributed by atoms with Crippen molar-refractivity contribution in [3.8, 4) is 0 Å². The monoisotopic (exact) mass is 471 g/mol. The van der Waals surface area contributed by atoms with E-state index in [-0.39, 0.29) is 22.5 Å². The molecule has 1 fully saturated rings. The summed E-state index contributed by atoms with van der Waals surface area (Å²) >= 11 is 7.23. The molecule has 0 bridgehead atoms. The van der Waals surface area contributed by atoms with Crippen LogP contribution < -0.4 is 5.32 Å². The molecule has 1 heterocycles. The summed E-state index contributed by atoms with van der Waals surface area (Å²) in [6.45, 7) is 4.15. The van der Waals surface area contributed by atoms with E-state index in [1.807, 2.05) is 30.3 Å². The van der Waals surface area contributed by atoms with Gasteiger partial charge in [-0.2, -0.15) is 0 Å². The van der Waals surface area contributed by atoms with Gasteiger partial charge in [0.25, 0.3) is 5.69 Å². The van der Waals surface area contributed by atoms with Crippen LogP contribution in [-0.4, -0.2) is 25.6 Å². The van der Waals surface area contributed by atoms with E-state index >= 15 is 0 Å². The molecule has 1 amide bonds. The summed E-state index contributed by atoms with van der Waals surface area (Å²) in [5.74, 6) is 0.820. The van der Waals surface area contributed by atoms with Crippen LogP contribution in [0.1, 0.15) is 55.3 Å². The number of carbonyl (C=O) groups is 1. The Kier molecular flexibility index (Phi) is 6.48. The van der Waals surface area contributed by atoms with Crippen molar-refractivity contribution in [3.63, 3.8) is 0 Å². The molecule has 8 nitrogen and oxygen atoms in total. The van der Waals surface area contributed by atoms with Gasteiger partial charge in [-0.15, -0.1) is 10.2 Å². The Bertz CT molecular complexity index is 1150. The summed E-state index contributed by atoms with van der Waals surface area (Å²) < 4.78 is 2.14. The van der Waals surface area contributed by atoms with Gasteiger partial charge >= 0.3 is 0 Å². The van der Waals surface area contributed by atoms with Gasteiger partial charge in [0.2, 0.25) is 5.91 Å². The van der Waals surface area contributed by atoms with Crippen LogP contribution in [-0.2, 0) is 4.79 Å². The Labute approximate surface area is 194 Å². The fourth-order valence-electron chi connectivity index (χ4n) is 3.38. The summed E-state index contributed by atoms with van der Waals surface area (Å²) in [5, 5.41) is 22.9. The number of nitro groups is 1. The number of halogens is 1. The second-order valence-electron chi connectivity index (χ2n) is 7.92. The summed E-state index contributed by atoms with van der Waals surface area (Å²) in [6.07, 6.45) is 2.14. The Morgan fingerprint density at radius 2 is 1.94 bits per heavy atom. The van der Waals surface area contributed by atoms with Crippen LogP contribution in [0.3, 0.4) is 0 Å². The lowest BCUT2D eigenvalue weighted by molar-refractivity contribution is -0.384. The van der Waals surface area contributed by atoms with Crippen molar-refractivity contribution >= 4 is 40.6 Å². The number of nitro benzene ring substituents is 1. The number of hydrogen-bond donors (Lipinski definition) is 1. The highest BCUT2D eigenvalue weighted by molar-refractivity contribution is 8.00. The molecule has 3 aromatic rings. The zero-order valence-electron chi connectivity index (χ0n) is 17.6. The van der Waals surface area contributed by atoms with E-state index in [1.54, 1.807) is 6.07 Å². The van der Waals surface area contributed by atoms with E-state index in [4.69, 9.17) is 11.6 Å². The minimum atomic E-state index is -0.618. The molecule has 4 rings (SSSR count). The van der Waals surface area contributed by atoms with E-state index in [0.29, 0.717) is 16.9 Å². The van der Waals surface area contributed by atoms with Gasteiger partial charge in [0.15, 0.2) is 5.16 Å². The molecule has 1 unspecified atom stereocenters. The SMILES string of the molecule is CC(C)c1nnc(SC(C(=O)Nc2ccc(Cl)c([N+](=O)[O-])c2)c2ccccc2)n1C1CC1. The third-order valence-electron chi connectivity index (χ3n) is 5.09. The van der Waals surface area contributed by atoms with Crippen molar-refractivity contribution in [1.29, 1.82) is 0 Å². The van der Waals surface area contributed by atoms with Gasteiger partial charge in [-0.05, 0) is 30.5 Å². The van der Waals surface area contributed by atoms with E-state index in [1.165, 1.54) is 23.9 Å². The number of rotatable bonds is 8. The summed E-state index contributed by atoms with van der Waals surface area (Å²) in [4.78, 5) is 24.0. The first kappa shape index (κ1) is 22.3. The highest BCUT2D eigenvalue weighted by atomic mass is 35.5. The predicted octanol–water partition coefficient (Wildman–Crippen LogP) is 5.77. The van der Waals surface area contributed by atoms with Gasteiger partial charge in [0.1, 0.15) is 16.1 Å². The van der Waals surface area contributed by atoms with Crippen molar-refractivity contribution in [1.82, 2.24) is 14.8 Å². The number of nitrogens with one attached hydrogen (secondary N) is 1. The Hall–Kier alpha value is -2.91. The molecular weight excluding hydrogens is 450 g/mol. The number of hydrogen-bond acceptors (Lipinski definition) is 6. The maximum Gasteiger partial charge on any atom is 0.289 e. The lowest BCUT2D eigenvalue weighted by atomic mass is 10.1. The van der Waals surface area contributed by atoms with E-state index in [9.17, 15) is 14.9 Å². The largest absolute Gasteiger partial charge is 0.325 e. The minimum absolute atomic E-state index is 0.0146. The molecule has 0 aliphatic heterocycles. The van der Waals surface area contributed by atoms with Gasteiger partial charge in [0, 0.05) is 23.7 Å². The molecule has 166 valence electrons. The molecule has 32 heavy (non-hydrogen) atoms. The molecule has 1 aromatic heterocycles. The van der Waals surface area contributed by atoms with Gasteiger partial charge in [0.05, 0.1) is 4.92 Å². The maximum absolute atomic E-state index is 13.3. The highest BCUT2D eigenvalue weighted by Crippen LogP contribution is 2.43. The molecule has 0 spiro atoms. The number of benzene rings is 2. The van der Waals surface area contributed by atoms with Crippen LogP contribution in [0.2, 0.25) is 5.02 Å². The molecule has 0 radical (unpaired) electrons. The summed E-state index contributed by atoms with van der Waals surface area (Å²) in [5.41, 5.74) is 0.845. The van der Waals surface area contributed by atoms with Gasteiger partial charge in [-0.1, -0.05) is 67.5 Å². The van der Waals surface area contributed by atoms with Crippen molar-refractivity contribution in [2.45, 2.75) is 49.1 Å². The van der Waals surface area contributed by atoms with Gasteiger partial charge < -0.3 is 9.88 Å². The van der Waals surface area contributed by atoms with E-state index in [0.717, 1.165) is 24.2 Å². The Morgan fingerprint density at radius 1 is 1.22 bits per heavy atom. The number of nitrogens with zero attached hydrogens (tertiary/aromatic N) is 4. The molecular formula is C22H22ClN5O3S. The Morgan fingerprint density at radius 3 is 2.56 bits per heavy atom. The first-order valence-electron chi connectivity index (χ1n) is 10.3. The van der Waals surface area contributed by atoms with Crippen LogP contribution in [0.4, 0.5) is 11.4 Å². The number of thioether (sulfide) groups is 1. The van der Waals surface area contributed by atoms with Crippen LogP contribution in [0, 0.1) is 10.1 Å². The lowest BCUT2D eigenvalue weighted by Gasteiger charge is -2.18. The van der Waals surface area contributed by atoms with E-state index in [2.05, 4.69) is 33.9 Å². The van der Waals surface area contributed by atoms with Crippen LogP contribution in [0.5, 0.6) is 0 Å². The van der Waals surface area contributed by atoms with Crippen molar-refractivity contribution < 1.29 is 9.72 Å². The molecule has 1 aliphatic rings. The number of aromatic nitrogens is 3. The molecule has 10 heteroatoms. The van der Waals surface area contributed by atoms with Crippen LogP contribution in [0.15, 0.2) is 53.7 Å². The predicted molar refractivity (Wildman–Crippen MR) is 124 cm³/mol. The van der Waals surface area contributed by atoms with Gasteiger partial charge in [-0.25, -0.2) is 0 Å². The zero-order valence-corrected chi connectivity index (χ0v) is 19.1. The first-order chi connectivity index (χ1) is 15.3. The van der Waals surface area contributed by atoms with Crippen molar-refractivity contribution in [2.24, 2.45) is 0 Å². The highest BCUT2D eigenvalue weighted by Gasteiger charge is 2.33. The topological polar surface area (TPSA) is 103 Å². The second kappa shape index (κ2) is 9.30. The van der Waals surface area contributed by atoms with Crippen LogP contribution >= 0.6 is 23.4 Å². The molecule has 1 N–H and O–H groups in total. The van der Waals surface area contributed by atoms with Crippen molar-refractivity contribution in [3.05, 3.63) is 75.1 Å². The molecule has 2 aromatic carbocycles. The maximum atomic E-state index is 13.3. The lowest BCUT2D eigenvalue weighted by Crippen LogP contribution is -2.20. The number of anilines is 1. The summed E-state index contributed by atoms with van der Waals surface area (Å²) in [7, 11) is 0. The number of carbonyl (C=O) groups excluding carboxylic acids is 1. The molecule has 1 aliphatic carbocycles. The van der Waals surface area contributed by atoms with Crippen LogP contribution in [0.25, 0.3) is 0 Å². The third kappa shape index (κ3) is 4.78. The molecule has 1 saturated carbocycles. The average Bonchev–Trinajstić information content (AvgIpc) is 3.52. The Balaban J connectivity index is 1.65. The van der Waals surface area contributed by atoms with Crippen molar-refractivity contribution in [2.75, 3.05) is 5.32 Å². The van der Waals surface area contributed by atoms with E-state index < -0.39 is 10.2 Å². The zero-order chi connectivity index (χ0) is 22.8. The average molecular weight is 472 g/mol. The first-order valence-corrected chi connectivity index (χ1v) is 11.5. The fourth-order valence-corrected chi connectivity index (χ4v) is 4.68. The number of amides is 1. The second-order valence-corrected chi connectivity index (χ2v) is 9.40. The smallest absolute Gasteiger partial charge is 0.289 e. The minimum Gasteiger partial charge on any atom is -0.325 e. The quantitative estimate of drug-likeness (QED) is 0.254. The summed E-state index contributed by atoms with van der Waals surface area (Å²) in [6, 6.07) is 13.9.